The highest BCUT2D eigenvalue weighted by Gasteiger charge is 2.63. The van der Waals surface area contributed by atoms with Gasteiger partial charge in [-0.2, -0.15) is 5.10 Å². The molecule has 2 rings (SSSR count). The topological polar surface area (TPSA) is 42.7 Å². The molecule has 0 amide bonds. The van der Waals surface area contributed by atoms with Crippen LogP contribution in [0.25, 0.3) is 0 Å². The third-order valence-corrected chi connectivity index (χ3v) is 5.09. The second kappa shape index (κ2) is 4.34. The quantitative estimate of drug-likeness (QED) is 0.873. The number of aromatic nitrogens is 3. The van der Waals surface area contributed by atoms with Crippen LogP contribution < -0.4 is 5.32 Å². The Morgan fingerprint density at radius 3 is 2.39 bits per heavy atom. The fourth-order valence-corrected chi connectivity index (χ4v) is 3.00. The molecule has 1 N–H and O–H groups in total. The van der Waals surface area contributed by atoms with Crippen LogP contribution in [0.3, 0.4) is 0 Å². The molecule has 102 valence electrons. The summed E-state index contributed by atoms with van der Waals surface area (Å²) in [5, 5.41) is 7.78. The minimum atomic E-state index is 0.373. The average molecular weight is 250 g/mol. The van der Waals surface area contributed by atoms with E-state index in [0.29, 0.717) is 16.9 Å². The van der Waals surface area contributed by atoms with E-state index in [1.165, 1.54) is 0 Å². The van der Waals surface area contributed by atoms with Gasteiger partial charge in [0.25, 0.3) is 0 Å². The van der Waals surface area contributed by atoms with Gasteiger partial charge in [-0.05, 0) is 37.1 Å². The maximum atomic E-state index is 4.32. The van der Waals surface area contributed by atoms with E-state index in [1.54, 1.807) is 6.33 Å². The molecule has 0 radical (unpaired) electrons. The molecule has 4 nitrogen and oxygen atoms in total. The smallest absolute Gasteiger partial charge is 0.141 e. The third-order valence-electron chi connectivity index (χ3n) is 5.09. The second-order valence-corrected chi connectivity index (χ2v) is 6.84. The van der Waals surface area contributed by atoms with Gasteiger partial charge in [-0.15, -0.1) is 0 Å². The van der Waals surface area contributed by atoms with Crippen LogP contribution in [0.5, 0.6) is 0 Å². The summed E-state index contributed by atoms with van der Waals surface area (Å²) < 4.78 is 1.98. The first-order chi connectivity index (χ1) is 8.28. The molecule has 0 aromatic carbocycles. The molecule has 0 aliphatic heterocycles. The Hall–Kier alpha value is -0.900. The Kier molecular flexibility index (Phi) is 3.26. The molecule has 1 heterocycles. The maximum absolute atomic E-state index is 4.32. The highest BCUT2D eigenvalue weighted by molar-refractivity contribution is 5.12. The largest absolute Gasteiger partial charge is 0.310 e. The first-order valence-electron chi connectivity index (χ1n) is 6.87. The molecule has 0 atom stereocenters. The van der Waals surface area contributed by atoms with Crippen LogP contribution in [0, 0.1) is 16.7 Å². The Morgan fingerprint density at radius 2 is 1.89 bits per heavy atom. The number of nitrogens with zero attached hydrogens (tertiary/aromatic N) is 3. The zero-order valence-electron chi connectivity index (χ0n) is 12.5. The van der Waals surface area contributed by atoms with Gasteiger partial charge in [0.15, 0.2) is 0 Å². The normalized spacial score (nSPS) is 21.5. The minimum Gasteiger partial charge on any atom is -0.310 e. The molecule has 1 aliphatic rings. The molecule has 1 fully saturated rings. The number of hydrogen-bond acceptors (Lipinski definition) is 3. The standard InChI is InChI=1S/C14H26N4/c1-10(2)18-12(16-9-17-18)8-15-7-11-13(3,4)14(11,5)6/h9-11,15H,7-8H2,1-6H3. The molecule has 1 saturated carbocycles. The molecule has 1 aliphatic carbocycles. The van der Waals surface area contributed by atoms with Gasteiger partial charge in [-0.1, -0.05) is 27.7 Å². The summed E-state index contributed by atoms with van der Waals surface area (Å²) >= 11 is 0. The van der Waals surface area contributed by atoms with Crippen molar-refractivity contribution in [3.05, 3.63) is 12.2 Å². The van der Waals surface area contributed by atoms with E-state index in [0.717, 1.165) is 24.8 Å². The van der Waals surface area contributed by atoms with Crippen molar-refractivity contribution in [2.75, 3.05) is 6.54 Å². The van der Waals surface area contributed by atoms with Crippen LogP contribution in [0.1, 0.15) is 53.4 Å². The first kappa shape index (κ1) is 13.5. The lowest BCUT2D eigenvalue weighted by atomic mass is 10.0. The zero-order chi connectivity index (χ0) is 13.6. The van der Waals surface area contributed by atoms with Crippen molar-refractivity contribution < 1.29 is 0 Å². The van der Waals surface area contributed by atoms with Gasteiger partial charge in [0, 0.05) is 6.04 Å². The van der Waals surface area contributed by atoms with Crippen molar-refractivity contribution in [1.29, 1.82) is 0 Å². The molecule has 0 spiro atoms. The van der Waals surface area contributed by atoms with E-state index in [2.05, 4.69) is 56.9 Å². The van der Waals surface area contributed by atoms with Gasteiger partial charge >= 0.3 is 0 Å². The Balaban J connectivity index is 1.85. The molecule has 1 aromatic rings. The number of hydrogen-bond donors (Lipinski definition) is 1. The molecule has 18 heavy (non-hydrogen) atoms. The summed E-state index contributed by atoms with van der Waals surface area (Å²) in [6, 6.07) is 0.373. The van der Waals surface area contributed by atoms with Crippen LogP contribution in [0.15, 0.2) is 6.33 Å². The van der Waals surface area contributed by atoms with Crippen LogP contribution in [-0.2, 0) is 6.54 Å². The van der Waals surface area contributed by atoms with Crippen molar-refractivity contribution in [1.82, 2.24) is 20.1 Å². The monoisotopic (exact) mass is 250 g/mol. The molecular weight excluding hydrogens is 224 g/mol. The van der Waals surface area contributed by atoms with Gasteiger partial charge < -0.3 is 5.32 Å². The van der Waals surface area contributed by atoms with Gasteiger partial charge in [0.05, 0.1) is 6.54 Å². The van der Waals surface area contributed by atoms with E-state index in [9.17, 15) is 0 Å². The van der Waals surface area contributed by atoms with Crippen molar-refractivity contribution in [2.24, 2.45) is 16.7 Å². The first-order valence-corrected chi connectivity index (χ1v) is 6.87. The highest BCUT2D eigenvalue weighted by atomic mass is 15.4. The van der Waals surface area contributed by atoms with Crippen LogP contribution >= 0.6 is 0 Å². The molecule has 4 heteroatoms. The van der Waals surface area contributed by atoms with E-state index in [-0.39, 0.29) is 0 Å². The Bertz CT molecular complexity index is 403. The second-order valence-electron chi connectivity index (χ2n) is 6.84. The van der Waals surface area contributed by atoms with E-state index < -0.39 is 0 Å². The van der Waals surface area contributed by atoms with Crippen LogP contribution in [0.4, 0.5) is 0 Å². The number of nitrogens with one attached hydrogen (secondary N) is 1. The Morgan fingerprint density at radius 1 is 1.28 bits per heavy atom. The maximum Gasteiger partial charge on any atom is 0.141 e. The predicted octanol–water partition coefficient (Wildman–Crippen LogP) is 2.63. The molecule has 0 saturated heterocycles. The molecule has 1 aromatic heterocycles. The van der Waals surface area contributed by atoms with Gasteiger partial charge in [0.2, 0.25) is 0 Å². The summed E-state index contributed by atoms with van der Waals surface area (Å²) in [5.41, 5.74) is 0.900. The molecule has 0 unspecified atom stereocenters. The lowest BCUT2D eigenvalue weighted by molar-refractivity contribution is 0.457. The zero-order valence-corrected chi connectivity index (χ0v) is 12.5. The van der Waals surface area contributed by atoms with Crippen molar-refractivity contribution in [3.63, 3.8) is 0 Å². The lowest BCUT2D eigenvalue weighted by Gasteiger charge is -2.10. The fourth-order valence-electron chi connectivity index (χ4n) is 3.00. The lowest BCUT2D eigenvalue weighted by Crippen LogP contribution is -2.22. The summed E-state index contributed by atoms with van der Waals surface area (Å²) in [6.45, 7) is 15.6. The van der Waals surface area contributed by atoms with Crippen molar-refractivity contribution in [3.8, 4) is 0 Å². The summed E-state index contributed by atoms with van der Waals surface area (Å²) in [7, 11) is 0. The minimum absolute atomic E-state index is 0.373. The van der Waals surface area contributed by atoms with Crippen molar-refractivity contribution >= 4 is 0 Å². The van der Waals surface area contributed by atoms with Gasteiger partial charge in [-0.25, -0.2) is 9.67 Å². The van der Waals surface area contributed by atoms with Crippen LogP contribution in [-0.4, -0.2) is 21.3 Å². The molecular formula is C14H26N4. The van der Waals surface area contributed by atoms with Gasteiger partial charge in [0.1, 0.15) is 12.2 Å². The SMILES string of the molecule is CC(C)n1ncnc1CNCC1C(C)(C)C1(C)C. The summed E-state index contributed by atoms with van der Waals surface area (Å²) in [6.07, 6.45) is 1.64. The van der Waals surface area contributed by atoms with Gasteiger partial charge in [-0.3, -0.25) is 0 Å². The van der Waals surface area contributed by atoms with E-state index >= 15 is 0 Å². The highest BCUT2D eigenvalue weighted by Crippen LogP contribution is 2.67. The number of rotatable bonds is 5. The average Bonchev–Trinajstić information content (AvgIpc) is 2.66. The third kappa shape index (κ3) is 2.07. The summed E-state index contributed by atoms with van der Waals surface area (Å²) in [5.74, 6) is 1.78. The fraction of sp³-hybridized carbons (Fsp3) is 0.857. The Labute approximate surface area is 110 Å². The molecule has 0 bridgehead atoms. The van der Waals surface area contributed by atoms with Crippen molar-refractivity contribution in [2.45, 2.75) is 54.1 Å². The van der Waals surface area contributed by atoms with E-state index in [4.69, 9.17) is 0 Å². The van der Waals surface area contributed by atoms with E-state index in [1.807, 2.05) is 4.68 Å². The van der Waals surface area contributed by atoms with Crippen LogP contribution in [0.2, 0.25) is 0 Å². The summed E-state index contributed by atoms with van der Waals surface area (Å²) in [4.78, 5) is 4.32. The predicted molar refractivity (Wildman–Crippen MR) is 73.2 cm³/mol.